The summed E-state index contributed by atoms with van der Waals surface area (Å²) in [7, 11) is 0. The fraction of sp³-hybridized carbons (Fsp3) is 0.391. The molecule has 3 aromatic rings. The van der Waals surface area contributed by atoms with Gasteiger partial charge in [0.05, 0.1) is 17.6 Å². The summed E-state index contributed by atoms with van der Waals surface area (Å²) in [6.45, 7) is 6.35. The largest absolute Gasteiger partial charge is 0.335 e. The Morgan fingerprint density at radius 3 is 2.61 bits per heavy atom. The molecule has 1 aliphatic heterocycles. The smallest absolute Gasteiger partial charge is 0.225 e. The minimum absolute atomic E-state index is 0.0755. The first-order valence-electron chi connectivity index (χ1n) is 9.98. The molecule has 1 amide bonds. The number of rotatable bonds is 4. The van der Waals surface area contributed by atoms with Crippen LogP contribution in [0.25, 0.3) is 11.0 Å². The van der Waals surface area contributed by atoms with Crippen molar-refractivity contribution in [2.24, 2.45) is 11.8 Å². The fourth-order valence-electron chi connectivity index (χ4n) is 4.14. The second-order valence-corrected chi connectivity index (χ2v) is 8.46. The standard InChI is InChI=1S/C23H26ClN3O/c1-16-11-12-26(23(28)17(2)13-16)15-22-25-20-5-3-4-6-21(20)27(22)14-18-7-9-19(24)10-8-18/h3-10,16-17H,11-15H2,1-2H3. The molecule has 0 saturated carbocycles. The Morgan fingerprint density at radius 2 is 1.82 bits per heavy atom. The van der Waals surface area contributed by atoms with Crippen molar-refractivity contribution in [2.75, 3.05) is 6.54 Å². The summed E-state index contributed by atoms with van der Waals surface area (Å²) < 4.78 is 2.23. The minimum atomic E-state index is 0.0755. The van der Waals surface area contributed by atoms with E-state index in [9.17, 15) is 4.79 Å². The summed E-state index contributed by atoms with van der Waals surface area (Å²) >= 11 is 6.04. The Labute approximate surface area is 171 Å². The Balaban J connectivity index is 1.68. The summed E-state index contributed by atoms with van der Waals surface area (Å²) in [5.74, 6) is 1.84. The molecule has 4 rings (SSSR count). The van der Waals surface area contributed by atoms with Crippen molar-refractivity contribution in [3.8, 4) is 0 Å². The molecule has 2 heterocycles. The average Bonchev–Trinajstić information content (AvgIpc) is 2.97. The van der Waals surface area contributed by atoms with E-state index >= 15 is 0 Å². The lowest BCUT2D eigenvalue weighted by Crippen LogP contribution is -2.34. The molecule has 2 unspecified atom stereocenters. The van der Waals surface area contributed by atoms with Gasteiger partial charge in [-0.3, -0.25) is 4.79 Å². The number of aromatic nitrogens is 2. The topological polar surface area (TPSA) is 38.1 Å². The molecule has 4 nitrogen and oxygen atoms in total. The van der Waals surface area contributed by atoms with Crippen LogP contribution in [0.1, 0.15) is 38.1 Å². The zero-order valence-corrected chi connectivity index (χ0v) is 17.2. The van der Waals surface area contributed by atoms with Crippen LogP contribution < -0.4 is 0 Å². The number of hydrogen-bond acceptors (Lipinski definition) is 2. The highest BCUT2D eigenvalue weighted by Gasteiger charge is 2.28. The summed E-state index contributed by atoms with van der Waals surface area (Å²) in [6.07, 6.45) is 2.02. The molecule has 1 saturated heterocycles. The van der Waals surface area contributed by atoms with E-state index in [1.54, 1.807) is 0 Å². The first kappa shape index (κ1) is 19.0. The van der Waals surface area contributed by atoms with Crippen molar-refractivity contribution >= 4 is 28.5 Å². The quantitative estimate of drug-likeness (QED) is 0.614. The Kier molecular flexibility index (Phi) is 5.40. The Hall–Kier alpha value is -2.33. The van der Waals surface area contributed by atoms with Crippen LogP contribution in [0.5, 0.6) is 0 Å². The maximum Gasteiger partial charge on any atom is 0.225 e. The van der Waals surface area contributed by atoms with Crippen LogP contribution in [0, 0.1) is 11.8 Å². The van der Waals surface area contributed by atoms with Crippen molar-refractivity contribution < 1.29 is 4.79 Å². The number of amides is 1. The molecular formula is C23H26ClN3O. The van der Waals surface area contributed by atoms with Crippen LogP contribution >= 0.6 is 11.6 Å². The molecule has 28 heavy (non-hydrogen) atoms. The van der Waals surface area contributed by atoms with Gasteiger partial charge in [0.2, 0.25) is 5.91 Å². The zero-order chi connectivity index (χ0) is 19.7. The molecular weight excluding hydrogens is 370 g/mol. The van der Waals surface area contributed by atoms with Gasteiger partial charge in [-0.1, -0.05) is 49.7 Å². The van der Waals surface area contributed by atoms with E-state index in [0.29, 0.717) is 19.0 Å². The highest BCUT2D eigenvalue weighted by Crippen LogP contribution is 2.25. The average molecular weight is 396 g/mol. The molecule has 2 atom stereocenters. The van der Waals surface area contributed by atoms with Crippen LogP contribution in [0.2, 0.25) is 5.02 Å². The van der Waals surface area contributed by atoms with Gasteiger partial charge in [0, 0.05) is 24.0 Å². The lowest BCUT2D eigenvalue weighted by molar-refractivity contribution is -0.135. The molecule has 1 aromatic heterocycles. The number of carbonyl (C=O) groups excluding carboxylic acids is 1. The highest BCUT2D eigenvalue weighted by atomic mass is 35.5. The molecule has 0 radical (unpaired) electrons. The maximum atomic E-state index is 12.9. The van der Waals surface area contributed by atoms with E-state index in [-0.39, 0.29) is 11.8 Å². The molecule has 5 heteroatoms. The molecule has 1 fully saturated rings. The van der Waals surface area contributed by atoms with Gasteiger partial charge in [-0.2, -0.15) is 0 Å². The van der Waals surface area contributed by atoms with E-state index in [0.717, 1.165) is 46.8 Å². The summed E-state index contributed by atoms with van der Waals surface area (Å²) in [5.41, 5.74) is 3.23. The van der Waals surface area contributed by atoms with Crippen molar-refractivity contribution in [2.45, 2.75) is 39.8 Å². The van der Waals surface area contributed by atoms with Crippen LogP contribution in [0.15, 0.2) is 48.5 Å². The van der Waals surface area contributed by atoms with Gasteiger partial charge in [0.15, 0.2) is 0 Å². The zero-order valence-electron chi connectivity index (χ0n) is 16.4. The van der Waals surface area contributed by atoms with Crippen molar-refractivity contribution in [3.63, 3.8) is 0 Å². The van der Waals surface area contributed by atoms with E-state index < -0.39 is 0 Å². The lowest BCUT2D eigenvalue weighted by Gasteiger charge is -2.23. The summed E-state index contributed by atoms with van der Waals surface area (Å²) in [5, 5.41) is 0.734. The number of fused-ring (bicyclic) bond motifs is 1. The Morgan fingerprint density at radius 1 is 1.07 bits per heavy atom. The molecule has 2 aromatic carbocycles. The number of para-hydroxylation sites is 2. The number of carbonyl (C=O) groups is 1. The predicted octanol–water partition coefficient (Wildman–Crippen LogP) is 5.13. The highest BCUT2D eigenvalue weighted by molar-refractivity contribution is 6.30. The van der Waals surface area contributed by atoms with Gasteiger partial charge in [-0.25, -0.2) is 4.98 Å². The van der Waals surface area contributed by atoms with Crippen molar-refractivity contribution in [1.82, 2.24) is 14.5 Å². The number of nitrogens with zero attached hydrogens (tertiary/aromatic N) is 3. The van der Waals surface area contributed by atoms with Gasteiger partial charge in [0.1, 0.15) is 5.82 Å². The first-order chi connectivity index (χ1) is 13.5. The molecule has 0 bridgehead atoms. The van der Waals surface area contributed by atoms with E-state index in [1.165, 1.54) is 0 Å². The molecule has 1 aliphatic rings. The van der Waals surface area contributed by atoms with Gasteiger partial charge < -0.3 is 9.47 Å². The third kappa shape index (κ3) is 3.93. The summed E-state index contributed by atoms with van der Waals surface area (Å²) in [4.78, 5) is 19.8. The van der Waals surface area contributed by atoms with Crippen LogP contribution in [-0.2, 0) is 17.9 Å². The molecule has 0 N–H and O–H groups in total. The van der Waals surface area contributed by atoms with Crippen molar-refractivity contribution in [3.05, 3.63) is 64.9 Å². The van der Waals surface area contributed by atoms with Crippen LogP contribution in [0.4, 0.5) is 0 Å². The minimum Gasteiger partial charge on any atom is -0.335 e. The normalized spacial score (nSPS) is 20.5. The first-order valence-corrected chi connectivity index (χ1v) is 10.4. The van der Waals surface area contributed by atoms with E-state index in [4.69, 9.17) is 16.6 Å². The van der Waals surface area contributed by atoms with E-state index in [1.807, 2.05) is 54.3 Å². The van der Waals surface area contributed by atoms with Gasteiger partial charge in [0.25, 0.3) is 0 Å². The molecule has 0 aliphatic carbocycles. The van der Waals surface area contributed by atoms with Crippen LogP contribution in [0.3, 0.4) is 0 Å². The number of hydrogen-bond donors (Lipinski definition) is 0. The Bertz CT molecular complexity index is 979. The van der Waals surface area contributed by atoms with E-state index in [2.05, 4.69) is 17.6 Å². The lowest BCUT2D eigenvalue weighted by atomic mass is 9.96. The van der Waals surface area contributed by atoms with Gasteiger partial charge in [-0.05, 0) is 48.6 Å². The van der Waals surface area contributed by atoms with Gasteiger partial charge in [-0.15, -0.1) is 0 Å². The summed E-state index contributed by atoms with van der Waals surface area (Å²) in [6, 6.07) is 16.1. The van der Waals surface area contributed by atoms with Gasteiger partial charge >= 0.3 is 0 Å². The monoisotopic (exact) mass is 395 g/mol. The third-order valence-electron chi connectivity index (χ3n) is 5.70. The number of halogens is 1. The predicted molar refractivity (Wildman–Crippen MR) is 113 cm³/mol. The molecule has 146 valence electrons. The molecule has 0 spiro atoms. The SMILES string of the molecule is CC1CCN(Cc2nc3ccccc3n2Cc2ccc(Cl)cc2)C(=O)C(C)C1. The second kappa shape index (κ2) is 7.96. The third-order valence-corrected chi connectivity index (χ3v) is 5.95. The number of likely N-dealkylation sites (tertiary alicyclic amines) is 1. The second-order valence-electron chi connectivity index (χ2n) is 8.02. The van der Waals surface area contributed by atoms with Crippen molar-refractivity contribution in [1.29, 1.82) is 0 Å². The number of benzene rings is 2. The maximum absolute atomic E-state index is 12.9. The fourth-order valence-corrected chi connectivity index (χ4v) is 4.27. The number of imidazole rings is 1. The van der Waals surface area contributed by atoms with Crippen LogP contribution in [-0.4, -0.2) is 26.9 Å².